The van der Waals surface area contributed by atoms with Crippen molar-refractivity contribution in [2.45, 2.75) is 25.7 Å². The first-order chi connectivity index (χ1) is 9.31. The van der Waals surface area contributed by atoms with E-state index in [0.717, 1.165) is 23.4 Å². The molecule has 0 aliphatic carbocycles. The second-order valence-electron chi connectivity index (χ2n) is 5.38. The van der Waals surface area contributed by atoms with Gasteiger partial charge in [0.1, 0.15) is 5.75 Å². The number of likely N-dealkylation sites (tertiary alicyclic amines) is 1. The van der Waals surface area contributed by atoms with Crippen LogP contribution in [0.3, 0.4) is 0 Å². The first-order valence-electron chi connectivity index (χ1n) is 7.23. The van der Waals surface area contributed by atoms with Gasteiger partial charge in [0.2, 0.25) is 0 Å². The van der Waals surface area contributed by atoms with Gasteiger partial charge in [-0.3, -0.25) is 0 Å². The number of hydrogen-bond acceptors (Lipinski definition) is 2. The average molecular weight is 326 g/mol. The lowest BCUT2D eigenvalue weighted by atomic mass is 9.95. The van der Waals surface area contributed by atoms with Gasteiger partial charge in [-0.25, -0.2) is 0 Å². The molecule has 106 valence electrons. The monoisotopic (exact) mass is 325 g/mol. The van der Waals surface area contributed by atoms with Gasteiger partial charge in [0.15, 0.2) is 0 Å². The lowest BCUT2D eigenvalue weighted by Crippen LogP contribution is -2.36. The topological polar surface area (TPSA) is 12.5 Å². The fourth-order valence-electron chi connectivity index (χ4n) is 2.82. The van der Waals surface area contributed by atoms with E-state index in [1.54, 1.807) is 7.11 Å². The van der Waals surface area contributed by atoms with E-state index in [4.69, 9.17) is 4.74 Å². The molecule has 1 atom stereocenters. The molecule has 0 N–H and O–H groups in total. The third-order valence-electron chi connectivity index (χ3n) is 4.00. The standard InChI is InChI=1S/C16H24BrNO/c1-19-16-6-4-14(5-7-16)9-12-18-11-2-3-15(13-18)8-10-17/h4-7,15H,2-3,8-13H2,1H3. The molecule has 1 aliphatic heterocycles. The number of halogens is 1. The summed E-state index contributed by atoms with van der Waals surface area (Å²) in [6, 6.07) is 8.47. The maximum absolute atomic E-state index is 5.19. The Morgan fingerprint density at radius 2 is 2.11 bits per heavy atom. The van der Waals surface area contributed by atoms with E-state index >= 15 is 0 Å². The van der Waals surface area contributed by atoms with Gasteiger partial charge in [0.25, 0.3) is 0 Å². The fourth-order valence-corrected chi connectivity index (χ4v) is 3.47. The van der Waals surface area contributed by atoms with E-state index in [9.17, 15) is 0 Å². The molecule has 3 heteroatoms. The summed E-state index contributed by atoms with van der Waals surface area (Å²) in [5.74, 6) is 1.84. The van der Waals surface area contributed by atoms with Crippen LogP contribution in [-0.2, 0) is 6.42 Å². The molecule has 1 aliphatic rings. The summed E-state index contributed by atoms with van der Waals surface area (Å²) in [7, 11) is 1.72. The molecule has 0 aromatic heterocycles. The van der Waals surface area contributed by atoms with Crippen molar-refractivity contribution in [3.63, 3.8) is 0 Å². The summed E-state index contributed by atoms with van der Waals surface area (Å²) in [4.78, 5) is 2.63. The van der Waals surface area contributed by atoms with Crippen LogP contribution in [-0.4, -0.2) is 37.0 Å². The zero-order valence-electron chi connectivity index (χ0n) is 11.8. The van der Waals surface area contributed by atoms with E-state index < -0.39 is 0 Å². The second-order valence-corrected chi connectivity index (χ2v) is 6.18. The minimum atomic E-state index is 0.893. The van der Waals surface area contributed by atoms with Crippen LogP contribution < -0.4 is 4.74 Å². The minimum absolute atomic E-state index is 0.893. The molecule has 1 saturated heterocycles. The van der Waals surface area contributed by atoms with Gasteiger partial charge in [-0.1, -0.05) is 28.1 Å². The van der Waals surface area contributed by atoms with Crippen LogP contribution >= 0.6 is 15.9 Å². The number of nitrogens with zero attached hydrogens (tertiary/aromatic N) is 1. The highest BCUT2D eigenvalue weighted by molar-refractivity contribution is 9.09. The largest absolute Gasteiger partial charge is 0.497 e. The van der Waals surface area contributed by atoms with Crippen LogP contribution in [0.1, 0.15) is 24.8 Å². The van der Waals surface area contributed by atoms with Gasteiger partial charge in [0.05, 0.1) is 7.11 Å². The number of ether oxygens (including phenoxy) is 1. The van der Waals surface area contributed by atoms with Crippen molar-refractivity contribution in [1.29, 1.82) is 0 Å². The van der Waals surface area contributed by atoms with Crippen LogP contribution in [0.4, 0.5) is 0 Å². The van der Waals surface area contributed by atoms with Crippen LogP contribution in [0.15, 0.2) is 24.3 Å². The maximum Gasteiger partial charge on any atom is 0.118 e. The van der Waals surface area contributed by atoms with Crippen molar-refractivity contribution in [3.05, 3.63) is 29.8 Å². The molecule has 0 amide bonds. The normalized spacial score (nSPS) is 20.4. The zero-order chi connectivity index (χ0) is 13.5. The van der Waals surface area contributed by atoms with E-state index in [-0.39, 0.29) is 0 Å². The van der Waals surface area contributed by atoms with E-state index in [0.29, 0.717) is 0 Å². The Hall–Kier alpha value is -0.540. The number of alkyl halides is 1. The molecule has 1 fully saturated rings. The molecule has 0 bridgehead atoms. The van der Waals surface area contributed by atoms with Crippen molar-refractivity contribution < 1.29 is 4.74 Å². The first-order valence-corrected chi connectivity index (χ1v) is 8.35. The fraction of sp³-hybridized carbons (Fsp3) is 0.625. The molecule has 1 aromatic carbocycles. The summed E-state index contributed by atoms with van der Waals surface area (Å²) < 4.78 is 5.19. The molecule has 19 heavy (non-hydrogen) atoms. The lowest BCUT2D eigenvalue weighted by Gasteiger charge is -2.32. The Labute approximate surface area is 125 Å². The zero-order valence-corrected chi connectivity index (χ0v) is 13.4. The SMILES string of the molecule is COc1ccc(CCN2CCCC(CCBr)C2)cc1. The van der Waals surface area contributed by atoms with Crippen molar-refractivity contribution in [2.75, 3.05) is 32.1 Å². The number of rotatable bonds is 6. The Morgan fingerprint density at radius 3 is 2.79 bits per heavy atom. The highest BCUT2D eigenvalue weighted by Gasteiger charge is 2.18. The van der Waals surface area contributed by atoms with Crippen LogP contribution in [0.5, 0.6) is 5.75 Å². The number of benzene rings is 1. The Morgan fingerprint density at radius 1 is 1.32 bits per heavy atom. The van der Waals surface area contributed by atoms with Crippen molar-refractivity contribution in [2.24, 2.45) is 5.92 Å². The molecular formula is C16H24BrNO. The van der Waals surface area contributed by atoms with E-state index in [2.05, 4.69) is 45.1 Å². The van der Waals surface area contributed by atoms with Crippen molar-refractivity contribution >= 4 is 15.9 Å². The molecule has 1 aromatic rings. The summed E-state index contributed by atoms with van der Waals surface area (Å²) >= 11 is 3.56. The highest BCUT2D eigenvalue weighted by Crippen LogP contribution is 2.20. The summed E-state index contributed by atoms with van der Waals surface area (Å²) in [5, 5.41) is 1.14. The smallest absolute Gasteiger partial charge is 0.118 e. The lowest BCUT2D eigenvalue weighted by molar-refractivity contribution is 0.174. The number of hydrogen-bond donors (Lipinski definition) is 0. The number of piperidine rings is 1. The maximum atomic E-state index is 5.19. The molecule has 0 spiro atoms. The van der Waals surface area contributed by atoms with E-state index in [1.165, 1.54) is 44.5 Å². The van der Waals surface area contributed by atoms with Crippen LogP contribution in [0.2, 0.25) is 0 Å². The molecule has 1 unspecified atom stereocenters. The van der Waals surface area contributed by atoms with E-state index in [1.807, 2.05) is 0 Å². The van der Waals surface area contributed by atoms with Gasteiger partial charge < -0.3 is 9.64 Å². The first kappa shape index (κ1) is 14.9. The minimum Gasteiger partial charge on any atom is -0.497 e. The average Bonchev–Trinajstić information content (AvgIpc) is 2.46. The molecular weight excluding hydrogens is 302 g/mol. The summed E-state index contributed by atoms with van der Waals surface area (Å²) in [6.45, 7) is 3.74. The van der Waals surface area contributed by atoms with Crippen LogP contribution in [0, 0.1) is 5.92 Å². The van der Waals surface area contributed by atoms with Gasteiger partial charge in [-0.15, -0.1) is 0 Å². The number of methoxy groups -OCH3 is 1. The molecule has 0 saturated carbocycles. The quantitative estimate of drug-likeness (QED) is 0.739. The van der Waals surface area contributed by atoms with Gasteiger partial charge >= 0.3 is 0 Å². The highest BCUT2D eigenvalue weighted by atomic mass is 79.9. The van der Waals surface area contributed by atoms with Gasteiger partial charge in [0, 0.05) is 18.4 Å². The second kappa shape index (κ2) is 7.91. The van der Waals surface area contributed by atoms with Crippen molar-refractivity contribution in [3.8, 4) is 5.75 Å². The molecule has 2 nitrogen and oxygen atoms in total. The molecule has 1 heterocycles. The van der Waals surface area contributed by atoms with Crippen molar-refractivity contribution in [1.82, 2.24) is 4.90 Å². The Bertz CT molecular complexity index is 364. The predicted molar refractivity (Wildman–Crippen MR) is 84.3 cm³/mol. The summed E-state index contributed by atoms with van der Waals surface area (Å²) in [5.41, 5.74) is 1.41. The van der Waals surface area contributed by atoms with Crippen LogP contribution in [0.25, 0.3) is 0 Å². The molecule has 0 radical (unpaired) electrons. The van der Waals surface area contributed by atoms with Gasteiger partial charge in [-0.05, 0) is 55.8 Å². The third kappa shape index (κ3) is 4.81. The third-order valence-corrected chi connectivity index (χ3v) is 4.45. The Balaban J connectivity index is 1.77. The van der Waals surface area contributed by atoms with Gasteiger partial charge in [-0.2, -0.15) is 0 Å². The summed E-state index contributed by atoms with van der Waals surface area (Å²) in [6.07, 6.45) is 5.23. The Kier molecular flexibility index (Phi) is 6.18. The predicted octanol–water partition coefficient (Wildman–Crippen LogP) is 3.73. The molecule has 2 rings (SSSR count).